The van der Waals surface area contributed by atoms with Crippen molar-refractivity contribution in [3.63, 3.8) is 0 Å². The summed E-state index contributed by atoms with van der Waals surface area (Å²) in [6, 6.07) is 7.95. The van der Waals surface area contributed by atoms with Gasteiger partial charge in [0.15, 0.2) is 0 Å². The molecule has 2 aromatic rings. The molecule has 5 nitrogen and oxygen atoms in total. The average Bonchev–Trinajstić information content (AvgIpc) is 3.08. The lowest BCUT2D eigenvalue weighted by atomic mass is 9.55. The van der Waals surface area contributed by atoms with Crippen LogP contribution in [0.5, 0.6) is 5.75 Å². The first-order valence-electron chi connectivity index (χ1n) is 12.4. The van der Waals surface area contributed by atoms with Crippen LogP contribution in [-0.2, 0) is 28.9 Å². The van der Waals surface area contributed by atoms with Crippen LogP contribution in [-0.4, -0.2) is 28.3 Å². The van der Waals surface area contributed by atoms with E-state index in [1.165, 1.54) is 11.1 Å². The molecule has 174 valence electrons. The number of hydrogen-bond donors (Lipinski definition) is 2. The molecule has 3 aliphatic rings. The number of carbonyl (C=O) groups excluding carboxylic acids is 2. The fourth-order valence-corrected chi connectivity index (χ4v) is 7.04. The highest BCUT2D eigenvalue weighted by Gasteiger charge is 2.57. The molecule has 1 heterocycles. The molecule has 4 unspecified atom stereocenters. The summed E-state index contributed by atoms with van der Waals surface area (Å²) in [5.41, 5.74) is 4.33. The fraction of sp³-hybridized carbons (Fsp3) is 0.536. The molecule has 0 saturated heterocycles. The van der Waals surface area contributed by atoms with E-state index in [9.17, 15) is 14.7 Å². The van der Waals surface area contributed by atoms with Gasteiger partial charge in [0.1, 0.15) is 11.5 Å². The highest BCUT2D eigenvalue weighted by atomic mass is 16.3. The van der Waals surface area contributed by atoms with Gasteiger partial charge in [-0.15, -0.1) is 0 Å². The number of ketones is 1. The van der Waals surface area contributed by atoms with Gasteiger partial charge in [-0.05, 0) is 90.7 Å². The SMILES string of the molecule is CCc1cc2c(cc1O)CCC1C2CC[C@]2(C)C(=O)C(CNC(=O)Cc3cccnc3)CC12. The summed E-state index contributed by atoms with van der Waals surface area (Å²) in [6.07, 6.45) is 9.41. The zero-order chi connectivity index (χ0) is 23.2. The third-order valence-electron chi connectivity index (χ3n) is 8.80. The van der Waals surface area contributed by atoms with Crippen molar-refractivity contribution in [2.24, 2.45) is 23.2 Å². The molecule has 5 atom stereocenters. The third kappa shape index (κ3) is 3.85. The number of phenolic OH excluding ortho intramolecular Hbond substituents is 1. The Kier molecular flexibility index (Phi) is 5.75. The molecule has 5 heteroatoms. The van der Waals surface area contributed by atoms with Crippen molar-refractivity contribution in [1.29, 1.82) is 0 Å². The van der Waals surface area contributed by atoms with E-state index in [4.69, 9.17) is 0 Å². The van der Waals surface area contributed by atoms with E-state index in [2.05, 4.69) is 30.2 Å². The van der Waals surface area contributed by atoms with Crippen molar-refractivity contribution in [3.8, 4) is 5.75 Å². The lowest BCUT2D eigenvalue weighted by Crippen LogP contribution is -2.43. The summed E-state index contributed by atoms with van der Waals surface area (Å²) >= 11 is 0. The third-order valence-corrected chi connectivity index (χ3v) is 8.80. The number of benzene rings is 1. The van der Waals surface area contributed by atoms with Crippen LogP contribution in [0.25, 0.3) is 0 Å². The molecule has 0 aliphatic heterocycles. The van der Waals surface area contributed by atoms with Crippen molar-refractivity contribution < 1.29 is 14.7 Å². The Morgan fingerprint density at radius 1 is 1.30 bits per heavy atom. The number of nitrogens with zero attached hydrogens (tertiary/aromatic N) is 1. The molecule has 2 N–H and O–H groups in total. The summed E-state index contributed by atoms with van der Waals surface area (Å²) in [7, 11) is 0. The van der Waals surface area contributed by atoms with Gasteiger partial charge < -0.3 is 10.4 Å². The molecule has 5 rings (SSSR count). The lowest BCUT2D eigenvalue weighted by molar-refractivity contribution is -0.132. The first-order chi connectivity index (χ1) is 15.9. The van der Waals surface area contributed by atoms with Gasteiger partial charge in [0.2, 0.25) is 5.91 Å². The van der Waals surface area contributed by atoms with Gasteiger partial charge in [-0.1, -0.05) is 26.0 Å². The smallest absolute Gasteiger partial charge is 0.224 e. The minimum absolute atomic E-state index is 0.0489. The van der Waals surface area contributed by atoms with Crippen LogP contribution >= 0.6 is 0 Å². The van der Waals surface area contributed by atoms with Crippen LogP contribution in [0.1, 0.15) is 67.7 Å². The first-order valence-corrected chi connectivity index (χ1v) is 12.4. The molecular weight excluding hydrogens is 412 g/mol. The molecule has 0 radical (unpaired) electrons. The highest BCUT2D eigenvalue weighted by molar-refractivity contribution is 5.90. The van der Waals surface area contributed by atoms with Crippen molar-refractivity contribution in [1.82, 2.24) is 10.3 Å². The Hall–Kier alpha value is -2.69. The van der Waals surface area contributed by atoms with Gasteiger partial charge in [0, 0.05) is 30.3 Å². The maximum atomic E-state index is 13.5. The number of nitrogens with one attached hydrogen (secondary N) is 1. The standard InChI is InChI=1S/C28H34N2O3/c1-3-18-12-23-19(14-25(18)31)6-7-22-21(23)8-9-28(2)24(22)13-20(27(28)33)16-30-26(32)11-17-5-4-10-29-15-17/h4-5,10,12,14-15,20-22,24,31H,3,6-9,11,13,16H2,1-2H3,(H,30,32)/t20?,21?,22?,24?,28-/m0/s1. The van der Waals surface area contributed by atoms with E-state index >= 15 is 0 Å². The normalized spacial score (nSPS) is 30.3. The monoisotopic (exact) mass is 446 g/mol. The number of carbonyl (C=O) groups is 2. The molecule has 1 aromatic heterocycles. The maximum absolute atomic E-state index is 13.5. The van der Waals surface area contributed by atoms with Gasteiger partial charge in [0.25, 0.3) is 0 Å². The predicted octanol–water partition coefficient (Wildman–Crippen LogP) is 4.36. The van der Waals surface area contributed by atoms with Crippen LogP contribution in [0.2, 0.25) is 0 Å². The van der Waals surface area contributed by atoms with Crippen molar-refractivity contribution in [2.45, 2.75) is 64.7 Å². The number of aromatic hydroxyl groups is 1. The van der Waals surface area contributed by atoms with Crippen LogP contribution in [0.15, 0.2) is 36.7 Å². The fourth-order valence-electron chi connectivity index (χ4n) is 7.04. The Labute approximate surface area is 196 Å². The van der Waals surface area contributed by atoms with Gasteiger partial charge in [-0.2, -0.15) is 0 Å². The van der Waals surface area contributed by atoms with E-state index in [0.29, 0.717) is 42.3 Å². The number of rotatable bonds is 5. The van der Waals surface area contributed by atoms with Crippen LogP contribution in [0.4, 0.5) is 0 Å². The van der Waals surface area contributed by atoms with Gasteiger partial charge in [-0.3, -0.25) is 14.6 Å². The van der Waals surface area contributed by atoms with E-state index in [-0.39, 0.29) is 17.2 Å². The summed E-state index contributed by atoms with van der Waals surface area (Å²) < 4.78 is 0. The summed E-state index contributed by atoms with van der Waals surface area (Å²) in [5.74, 6) is 1.98. The minimum Gasteiger partial charge on any atom is -0.508 e. The Morgan fingerprint density at radius 3 is 2.91 bits per heavy atom. The number of fused-ring (bicyclic) bond motifs is 5. The largest absolute Gasteiger partial charge is 0.508 e. The van der Waals surface area contributed by atoms with Gasteiger partial charge >= 0.3 is 0 Å². The van der Waals surface area contributed by atoms with Gasteiger partial charge in [-0.25, -0.2) is 0 Å². The minimum atomic E-state index is -0.276. The summed E-state index contributed by atoms with van der Waals surface area (Å²) in [4.78, 5) is 30.0. The lowest BCUT2D eigenvalue weighted by Gasteiger charge is -2.48. The molecule has 3 aliphatic carbocycles. The van der Waals surface area contributed by atoms with Gasteiger partial charge in [0.05, 0.1) is 6.42 Å². The zero-order valence-electron chi connectivity index (χ0n) is 19.6. The van der Waals surface area contributed by atoms with E-state index in [0.717, 1.165) is 49.7 Å². The van der Waals surface area contributed by atoms with Crippen molar-refractivity contribution in [2.75, 3.05) is 6.54 Å². The first kappa shape index (κ1) is 22.1. The topological polar surface area (TPSA) is 79.3 Å². The average molecular weight is 447 g/mol. The van der Waals surface area contributed by atoms with Crippen molar-refractivity contribution in [3.05, 3.63) is 58.9 Å². The molecular formula is C28H34N2O3. The number of aryl methyl sites for hydroxylation is 2. The number of pyridine rings is 1. The number of phenols is 1. The van der Waals surface area contributed by atoms with E-state index in [1.807, 2.05) is 18.2 Å². The summed E-state index contributed by atoms with van der Waals surface area (Å²) in [5, 5.41) is 13.4. The molecule has 33 heavy (non-hydrogen) atoms. The second-order valence-electron chi connectivity index (χ2n) is 10.5. The molecule has 2 fully saturated rings. The van der Waals surface area contributed by atoms with E-state index < -0.39 is 0 Å². The van der Waals surface area contributed by atoms with Crippen molar-refractivity contribution >= 4 is 11.7 Å². The Balaban J connectivity index is 1.30. The molecule has 0 spiro atoms. The number of hydrogen-bond acceptors (Lipinski definition) is 4. The number of aromatic nitrogens is 1. The molecule has 1 aromatic carbocycles. The molecule has 0 bridgehead atoms. The predicted molar refractivity (Wildman–Crippen MR) is 127 cm³/mol. The number of Topliss-reactive ketones (excluding diaryl/α,β-unsaturated/α-hetero) is 1. The number of amides is 1. The van der Waals surface area contributed by atoms with Crippen LogP contribution in [0, 0.1) is 23.2 Å². The summed E-state index contributed by atoms with van der Waals surface area (Å²) in [6.45, 7) is 4.70. The quantitative estimate of drug-likeness (QED) is 0.715. The van der Waals surface area contributed by atoms with Crippen LogP contribution < -0.4 is 5.32 Å². The second-order valence-corrected chi connectivity index (χ2v) is 10.5. The van der Waals surface area contributed by atoms with E-state index in [1.54, 1.807) is 12.4 Å². The maximum Gasteiger partial charge on any atom is 0.224 e. The molecule has 2 saturated carbocycles. The Morgan fingerprint density at radius 2 is 2.15 bits per heavy atom. The molecule has 1 amide bonds. The highest BCUT2D eigenvalue weighted by Crippen LogP contribution is 2.60. The second kappa shape index (κ2) is 8.58. The zero-order valence-corrected chi connectivity index (χ0v) is 19.6. The van der Waals surface area contributed by atoms with Crippen LogP contribution in [0.3, 0.4) is 0 Å². The Bertz CT molecular complexity index is 1070.